The summed E-state index contributed by atoms with van der Waals surface area (Å²) < 4.78 is 61.4. The molecule has 1 aliphatic rings. The van der Waals surface area contributed by atoms with Gasteiger partial charge in [0.25, 0.3) is 0 Å². The molecule has 3 aromatic heterocycles. The van der Waals surface area contributed by atoms with E-state index in [2.05, 4.69) is 10.1 Å². The van der Waals surface area contributed by atoms with Crippen LogP contribution in [-0.4, -0.2) is 48.6 Å². The number of halogens is 3. The summed E-state index contributed by atoms with van der Waals surface area (Å²) in [5.41, 5.74) is 2.83. The third kappa shape index (κ3) is 6.27. The van der Waals surface area contributed by atoms with Crippen molar-refractivity contribution in [1.29, 1.82) is 0 Å². The van der Waals surface area contributed by atoms with Crippen LogP contribution in [0.3, 0.4) is 0 Å². The first-order chi connectivity index (χ1) is 23.5. The SMILES string of the molecule is Cn1cc(-c2ccc(COc3cccc(-c4cc(F)c(Cc5nc6ccc(C(=O)O)cc6n5[C@@H]5COCC5(C)C)cc4F)n3)c(F)c2)cn1. The van der Waals surface area contributed by atoms with Crippen molar-refractivity contribution in [3.63, 3.8) is 0 Å². The molecule has 12 heteroatoms. The van der Waals surface area contributed by atoms with E-state index >= 15 is 8.78 Å². The lowest BCUT2D eigenvalue weighted by atomic mass is 9.87. The van der Waals surface area contributed by atoms with Gasteiger partial charge in [-0.05, 0) is 53.6 Å². The molecule has 1 N–H and O–H groups in total. The van der Waals surface area contributed by atoms with E-state index in [1.165, 1.54) is 18.2 Å². The maximum atomic E-state index is 15.7. The van der Waals surface area contributed by atoms with Crippen LogP contribution in [0.4, 0.5) is 13.2 Å². The molecule has 250 valence electrons. The van der Waals surface area contributed by atoms with E-state index in [4.69, 9.17) is 14.5 Å². The van der Waals surface area contributed by atoms with Gasteiger partial charge in [0.1, 0.15) is 29.9 Å². The lowest BCUT2D eigenvalue weighted by molar-refractivity contribution is 0.0697. The Labute approximate surface area is 279 Å². The van der Waals surface area contributed by atoms with Crippen LogP contribution >= 0.6 is 0 Å². The Bertz CT molecular complexity index is 2230. The van der Waals surface area contributed by atoms with Crippen molar-refractivity contribution >= 4 is 17.0 Å². The van der Waals surface area contributed by atoms with Crippen molar-refractivity contribution < 1.29 is 32.5 Å². The van der Waals surface area contributed by atoms with E-state index in [-0.39, 0.29) is 52.7 Å². The molecule has 1 saturated heterocycles. The summed E-state index contributed by atoms with van der Waals surface area (Å²) >= 11 is 0. The lowest BCUT2D eigenvalue weighted by Gasteiger charge is -2.28. The van der Waals surface area contributed by atoms with E-state index in [0.717, 1.165) is 17.7 Å². The maximum Gasteiger partial charge on any atom is 0.335 e. The molecule has 0 spiro atoms. The predicted octanol–water partition coefficient (Wildman–Crippen LogP) is 7.38. The Kier molecular flexibility index (Phi) is 8.19. The van der Waals surface area contributed by atoms with Gasteiger partial charge >= 0.3 is 5.97 Å². The Morgan fingerprint density at radius 2 is 1.80 bits per heavy atom. The molecular formula is C37H32F3N5O4. The van der Waals surface area contributed by atoms with Crippen molar-refractivity contribution in [2.75, 3.05) is 13.2 Å². The third-order valence-electron chi connectivity index (χ3n) is 8.92. The number of benzene rings is 3. The molecule has 0 radical (unpaired) electrons. The van der Waals surface area contributed by atoms with E-state index in [1.54, 1.807) is 60.5 Å². The summed E-state index contributed by atoms with van der Waals surface area (Å²) in [4.78, 5) is 20.8. The zero-order chi connectivity index (χ0) is 34.4. The van der Waals surface area contributed by atoms with Gasteiger partial charge in [0.05, 0.1) is 47.7 Å². The molecule has 49 heavy (non-hydrogen) atoms. The van der Waals surface area contributed by atoms with Gasteiger partial charge in [0.2, 0.25) is 5.88 Å². The predicted molar refractivity (Wildman–Crippen MR) is 176 cm³/mol. The van der Waals surface area contributed by atoms with E-state index < -0.39 is 23.4 Å². The number of nitrogens with zero attached hydrogens (tertiary/aromatic N) is 5. The fraction of sp³-hybridized carbons (Fsp3) is 0.243. The Morgan fingerprint density at radius 3 is 2.51 bits per heavy atom. The fourth-order valence-electron chi connectivity index (χ4n) is 6.23. The number of imidazole rings is 1. The molecular weight excluding hydrogens is 635 g/mol. The molecule has 4 heterocycles. The summed E-state index contributed by atoms with van der Waals surface area (Å²) in [5, 5.41) is 13.7. The van der Waals surface area contributed by atoms with Crippen LogP contribution < -0.4 is 4.74 Å². The number of carboxylic acids is 1. The number of hydrogen-bond acceptors (Lipinski definition) is 6. The van der Waals surface area contributed by atoms with Crippen molar-refractivity contribution in [3.05, 3.63) is 119 Å². The van der Waals surface area contributed by atoms with Crippen LogP contribution in [0.15, 0.2) is 79.1 Å². The van der Waals surface area contributed by atoms with Gasteiger partial charge in [0, 0.05) is 47.8 Å². The number of aromatic nitrogens is 5. The number of aromatic carboxylic acids is 1. The maximum absolute atomic E-state index is 15.7. The number of ether oxygens (including phenoxy) is 2. The molecule has 0 amide bonds. The van der Waals surface area contributed by atoms with E-state index in [9.17, 15) is 14.3 Å². The molecule has 0 bridgehead atoms. The minimum Gasteiger partial charge on any atom is -0.478 e. The van der Waals surface area contributed by atoms with E-state index in [0.29, 0.717) is 41.2 Å². The summed E-state index contributed by atoms with van der Waals surface area (Å²) in [7, 11) is 1.78. The zero-order valence-corrected chi connectivity index (χ0v) is 27.0. The monoisotopic (exact) mass is 667 g/mol. The molecule has 3 aromatic carbocycles. The molecule has 0 aliphatic carbocycles. The molecule has 1 aliphatic heterocycles. The van der Waals surface area contributed by atoms with Crippen molar-refractivity contribution in [2.45, 2.75) is 32.9 Å². The van der Waals surface area contributed by atoms with Crippen LogP contribution in [-0.2, 0) is 24.8 Å². The minimum absolute atomic E-state index is 0.0472. The topological polar surface area (TPSA) is 104 Å². The quantitative estimate of drug-likeness (QED) is 0.172. The number of aryl methyl sites for hydroxylation is 1. The van der Waals surface area contributed by atoms with Crippen LogP contribution in [0, 0.1) is 22.9 Å². The average Bonchev–Trinajstić information content (AvgIpc) is 3.76. The molecule has 6 aromatic rings. The van der Waals surface area contributed by atoms with Crippen LogP contribution in [0.2, 0.25) is 0 Å². The van der Waals surface area contributed by atoms with E-state index in [1.807, 2.05) is 18.4 Å². The summed E-state index contributed by atoms with van der Waals surface area (Å²) in [6.45, 7) is 4.81. The van der Waals surface area contributed by atoms with Crippen LogP contribution in [0.1, 0.15) is 47.2 Å². The fourth-order valence-corrected chi connectivity index (χ4v) is 6.23. The highest BCUT2D eigenvalue weighted by Crippen LogP contribution is 2.40. The molecule has 7 rings (SSSR count). The van der Waals surface area contributed by atoms with Crippen molar-refractivity contribution in [2.24, 2.45) is 12.5 Å². The Morgan fingerprint density at radius 1 is 0.980 bits per heavy atom. The molecule has 9 nitrogen and oxygen atoms in total. The van der Waals surface area contributed by atoms with Gasteiger partial charge in [-0.15, -0.1) is 0 Å². The van der Waals surface area contributed by atoms with Crippen molar-refractivity contribution in [3.8, 4) is 28.3 Å². The smallest absolute Gasteiger partial charge is 0.335 e. The largest absolute Gasteiger partial charge is 0.478 e. The summed E-state index contributed by atoms with van der Waals surface area (Å²) in [6.07, 6.45) is 3.39. The average molecular weight is 668 g/mol. The zero-order valence-electron chi connectivity index (χ0n) is 27.0. The van der Waals surface area contributed by atoms with Crippen molar-refractivity contribution in [1.82, 2.24) is 24.3 Å². The van der Waals surface area contributed by atoms with Gasteiger partial charge in [-0.3, -0.25) is 4.68 Å². The first kappa shape index (κ1) is 32.1. The normalized spacial score (nSPS) is 15.6. The molecule has 0 unspecified atom stereocenters. The highest BCUT2D eigenvalue weighted by molar-refractivity contribution is 5.92. The summed E-state index contributed by atoms with van der Waals surface area (Å²) in [6, 6.07) is 16.1. The van der Waals surface area contributed by atoms with Crippen LogP contribution in [0.25, 0.3) is 33.4 Å². The first-order valence-electron chi connectivity index (χ1n) is 15.6. The number of carboxylic acid groups (broad SMARTS) is 1. The minimum atomic E-state index is -1.08. The highest BCUT2D eigenvalue weighted by Gasteiger charge is 2.39. The molecule has 1 fully saturated rings. The number of hydrogen-bond donors (Lipinski definition) is 1. The van der Waals surface area contributed by atoms with Gasteiger partial charge in [-0.1, -0.05) is 32.0 Å². The van der Waals surface area contributed by atoms with Gasteiger partial charge < -0.3 is 19.1 Å². The first-order valence-corrected chi connectivity index (χ1v) is 15.6. The second-order valence-electron chi connectivity index (χ2n) is 12.9. The third-order valence-corrected chi connectivity index (χ3v) is 8.92. The Balaban J connectivity index is 1.14. The van der Waals surface area contributed by atoms with Gasteiger partial charge in [-0.2, -0.15) is 5.10 Å². The number of rotatable bonds is 9. The van der Waals surface area contributed by atoms with Crippen LogP contribution in [0.5, 0.6) is 5.88 Å². The lowest BCUT2D eigenvalue weighted by Crippen LogP contribution is -2.27. The standard InChI is InChI=1S/C37H32F3N5O4/c1-37(2)20-48-19-33(37)45-32-13-22(36(46)47)9-10-31(32)42-34(45)14-24-12-29(40)26(15-28(24)39)30-5-4-6-35(43-30)49-18-23-8-7-21(11-27(23)38)25-16-41-44(3)17-25/h4-13,15-17,33H,14,18-20H2,1-3H3,(H,46,47)/t33-/m1/s1. The highest BCUT2D eigenvalue weighted by atomic mass is 19.1. The van der Waals surface area contributed by atoms with Gasteiger partial charge in [0.15, 0.2) is 0 Å². The number of pyridine rings is 1. The second kappa shape index (κ2) is 12.5. The number of fused-ring (bicyclic) bond motifs is 1. The number of carbonyl (C=O) groups is 1. The Hall–Kier alpha value is -5.49. The molecule has 0 saturated carbocycles. The van der Waals surface area contributed by atoms with Gasteiger partial charge in [-0.25, -0.2) is 27.9 Å². The molecule has 1 atom stereocenters. The second-order valence-corrected chi connectivity index (χ2v) is 12.9. The summed E-state index contributed by atoms with van der Waals surface area (Å²) in [5.74, 6) is -2.31.